The molecule has 0 aromatic rings. The van der Waals surface area contributed by atoms with Gasteiger partial charge in [-0.25, -0.2) is 0 Å². The maximum absolute atomic E-state index is 8.45. The van der Waals surface area contributed by atoms with Gasteiger partial charge in [0.1, 0.15) is 6.61 Å². The Morgan fingerprint density at radius 2 is 2.40 bits per heavy atom. The van der Waals surface area contributed by atoms with Crippen molar-refractivity contribution in [2.45, 2.75) is 13.0 Å². The Hall–Kier alpha value is -0.560. The molecule has 58 valence electrons. The fourth-order valence-electron chi connectivity index (χ4n) is 0.386. The number of hydrogen-bond acceptors (Lipinski definition) is 3. The van der Waals surface area contributed by atoms with Crippen molar-refractivity contribution in [2.75, 3.05) is 19.8 Å². The Morgan fingerprint density at radius 1 is 1.70 bits per heavy atom. The smallest absolute Gasteiger partial charge is 0.107 e. The summed E-state index contributed by atoms with van der Waals surface area (Å²) in [5.74, 6) is 5.40. The molecule has 0 aliphatic carbocycles. The topological polar surface area (TPSA) is 55.5 Å². The minimum atomic E-state index is -0.279. The van der Waals surface area contributed by atoms with E-state index in [0.717, 1.165) is 0 Å². The molecular weight excluding hydrogens is 130 g/mol. The highest BCUT2D eigenvalue weighted by molar-refractivity contribution is 4.94. The fourth-order valence-corrected chi connectivity index (χ4v) is 0.386. The summed E-state index contributed by atoms with van der Waals surface area (Å²) >= 11 is 0. The molecule has 0 aromatic carbocycles. The molecule has 0 amide bonds. The van der Waals surface area contributed by atoms with Crippen LogP contribution in [0.15, 0.2) is 0 Å². The molecule has 3 heteroatoms. The van der Waals surface area contributed by atoms with Gasteiger partial charge < -0.3 is 15.6 Å². The lowest BCUT2D eigenvalue weighted by atomic mass is 10.4. The second-order valence-electron chi connectivity index (χ2n) is 1.88. The number of rotatable bonds is 4. The zero-order chi connectivity index (χ0) is 7.82. The SMILES string of the molecule is CC#CCOCC(N)CO. The molecular formula is C7H13NO2. The first-order valence-corrected chi connectivity index (χ1v) is 3.15. The van der Waals surface area contributed by atoms with Crippen molar-refractivity contribution in [1.82, 2.24) is 0 Å². The van der Waals surface area contributed by atoms with Gasteiger partial charge >= 0.3 is 0 Å². The van der Waals surface area contributed by atoms with Gasteiger partial charge in [-0.1, -0.05) is 5.92 Å². The van der Waals surface area contributed by atoms with E-state index in [0.29, 0.717) is 13.2 Å². The normalized spacial score (nSPS) is 11.9. The lowest BCUT2D eigenvalue weighted by molar-refractivity contribution is 0.125. The molecule has 0 heterocycles. The Kier molecular flexibility index (Phi) is 6.19. The predicted octanol–water partition coefficient (Wildman–Crippen LogP) is -0.654. The third-order valence-electron chi connectivity index (χ3n) is 0.917. The van der Waals surface area contributed by atoms with E-state index in [-0.39, 0.29) is 12.6 Å². The van der Waals surface area contributed by atoms with Crippen LogP contribution in [0.2, 0.25) is 0 Å². The summed E-state index contributed by atoms with van der Waals surface area (Å²) in [4.78, 5) is 0. The van der Waals surface area contributed by atoms with Gasteiger partial charge in [-0.3, -0.25) is 0 Å². The molecule has 1 unspecified atom stereocenters. The quantitative estimate of drug-likeness (QED) is 0.406. The van der Waals surface area contributed by atoms with Crippen LogP contribution < -0.4 is 5.73 Å². The first kappa shape index (κ1) is 9.44. The van der Waals surface area contributed by atoms with E-state index in [4.69, 9.17) is 15.6 Å². The molecule has 3 nitrogen and oxygen atoms in total. The molecule has 0 aliphatic rings. The first-order valence-electron chi connectivity index (χ1n) is 3.15. The molecule has 0 saturated heterocycles. The standard InChI is InChI=1S/C7H13NO2/c1-2-3-4-10-6-7(8)5-9/h7,9H,4-6,8H2,1H3. The number of nitrogens with two attached hydrogens (primary N) is 1. The van der Waals surface area contributed by atoms with Crippen LogP contribution in [-0.2, 0) is 4.74 Å². The Balaban J connectivity index is 3.08. The lowest BCUT2D eigenvalue weighted by Crippen LogP contribution is -2.29. The minimum Gasteiger partial charge on any atom is -0.395 e. The summed E-state index contributed by atoms with van der Waals surface area (Å²) in [6.45, 7) is 2.46. The van der Waals surface area contributed by atoms with Crippen LogP contribution in [-0.4, -0.2) is 31.0 Å². The zero-order valence-electron chi connectivity index (χ0n) is 6.13. The average Bonchev–Trinajstić information content (AvgIpc) is 1.98. The van der Waals surface area contributed by atoms with E-state index in [9.17, 15) is 0 Å². The monoisotopic (exact) mass is 143 g/mol. The summed E-state index contributed by atoms with van der Waals surface area (Å²) in [6, 6.07) is -0.279. The fraction of sp³-hybridized carbons (Fsp3) is 0.714. The third-order valence-corrected chi connectivity index (χ3v) is 0.917. The van der Waals surface area contributed by atoms with E-state index in [2.05, 4.69) is 11.8 Å². The summed E-state index contributed by atoms with van der Waals surface area (Å²) in [7, 11) is 0. The number of ether oxygens (including phenoxy) is 1. The van der Waals surface area contributed by atoms with Crippen molar-refractivity contribution in [3.63, 3.8) is 0 Å². The number of aliphatic hydroxyl groups is 1. The van der Waals surface area contributed by atoms with Gasteiger partial charge in [0, 0.05) is 0 Å². The van der Waals surface area contributed by atoms with Crippen molar-refractivity contribution in [2.24, 2.45) is 5.73 Å². The largest absolute Gasteiger partial charge is 0.395 e. The summed E-state index contributed by atoms with van der Waals surface area (Å²) < 4.78 is 4.97. The maximum atomic E-state index is 8.45. The van der Waals surface area contributed by atoms with Crippen molar-refractivity contribution in [1.29, 1.82) is 0 Å². The molecule has 1 atom stereocenters. The van der Waals surface area contributed by atoms with Crippen molar-refractivity contribution < 1.29 is 9.84 Å². The van der Waals surface area contributed by atoms with Crippen LogP contribution in [0.3, 0.4) is 0 Å². The molecule has 3 N–H and O–H groups in total. The highest BCUT2D eigenvalue weighted by atomic mass is 16.5. The van der Waals surface area contributed by atoms with E-state index in [1.165, 1.54) is 0 Å². The number of aliphatic hydroxyl groups excluding tert-OH is 1. The second-order valence-corrected chi connectivity index (χ2v) is 1.88. The summed E-state index contributed by atoms with van der Waals surface area (Å²) in [5, 5.41) is 8.45. The molecule has 0 saturated carbocycles. The highest BCUT2D eigenvalue weighted by Crippen LogP contribution is 1.78. The maximum Gasteiger partial charge on any atom is 0.107 e. The average molecular weight is 143 g/mol. The molecule has 0 bridgehead atoms. The van der Waals surface area contributed by atoms with Gasteiger partial charge in [-0.15, -0.1) is 5.92 Å². The van der Waals surface area contributed by atoms with Gasteiger partial charge in [0.25, 0.3) is 0 Å². The first-order chi connectivity index (χ1) is 4.81. The Morgan fingerprint density at radius 3 is 2.90 bits per heavy atom. The molecule has 0 rings (SSSR count). The molecule has 0 aliphatic heterocycles. The minimum absolute atomic E-state index is 0.0421. The van der Waals surface area contributed by atoms with Gasteiger partial charge in [0.2, 0.25) is 0 Å². The van der Waals surface area contributed by atoms with Crippen molar-refractivity contribution in [3.05, 3.63) is 0 Å². The van der Waals surface area contributed by atoms with Gasteiger partial charge in [0.05, 0.1) is 19.3 Å². The van der Waals surface area contributed by atoms with Crippen molar-refractivity contribution in [3.8, 4) is 11.8 Å². The van der Waals surface area contributed by atoms with Crippen LogP contribution in [0.4, 0.5) is 0 Å². The van der Waals surface area contributed by atoms with Gasteiger partial charge in [-0.05, 0) is 6.92 Å². The summed E-state index contributed by atoms with van der Waals surface area (Å²) in [6.07, 6.45) is 0. The van der Waals surface area contributed by atoms with E-state index in [1.807, 2.05) is 0 Å². The van der Waals surface area contributed by atoms with E-state index < -0.39 is 0 Å². The van der Waals surface area contributed by atoms with Crippen LogP contribution in [0, 0.1) is 11.8 Å². The Labute approximate surface area is 61.2 Å². The molecule has 0 aromatic heterocycles. The molecule has 10 heavy (non-hydrogen) atoms. The van der Waals surface area contributed by atoms with Crippen LogP contribution in [0.1, 0.15) is 6.92 Å². The van der Waals surface area contributed by atoms with E-state index >= 15 is 0 Å². The lowest BCUT2D eigenvalue weighted by Gasteiger charge is -2.05. The van der Waals surface area contributed by atoms with E-state index in [1.54, 1.807) is 6.92 Å². The molecule has 0 spiro atoms. The number of hydrogen-bond donors (Lipinski definition) is 2. The summed E-state index contributed by atoms with van der Waals surface area (Å²) in [5.41, 5.74) is 5.33. The van der Waals surface area contributed by atoms with Crippen LogP contribution >= 0.6 is 0 Å². The van der Waals surface area contributed by atoms with Gasteiger partial charge in [-0.2, -0.15) is 0 Å². The highest BCUT2D eigenvalue weighted by Gasteiger charge is 1.97. The molecule has 0 radical (unpaired) electrons. The molecule has 0 fully saturated rings. The Bertz CT molecular complexity index is 125. The zero-order valence-corrected chi connectivity index (χ0v) is 6.13. The van der Waals surface area contributed by atoms with Crippen molar-refractivity contribution >= 4 is 0 Å². The van der Waals surface area contributed by atoms with Gasteiger partial charge in [0.15, 0.2) is 0 Å². The predicted molar refractivity (Wildman–Crippen MR) is 39.3 cm³/mol. The third kappa shape index (κ3) is 5.57. The second kappa shape index (κ2) is 6.56. The van der Waals surface area contributed by atoms with Crippen LogP contribution in [0.25, 0.3) is 0 Å². The van der Waals surface area contributed by atoms with Crippen LogP contribution in [0.5, 0.6) is 0 Å².